The van der Waals surface area contributed by atoms with Crippen LogP contribution in [0.4, 0.5) is 0 Å². The molecule has 0 radical (unpaired) electrons. The Morgan fingerprint density at radius 1 is 1.40 bits per heavy atom. The number of amides is 1. The average molecular weight is 284 g/mol. The molecule has 2 N–H and O–H groups in total. The van der Waals surface area contributed by atoms with E-state index in [0.29, 0.717) is 6.61 Å². The van der Waals surface area contributed by atoms with Crippen molar-refractivity contribution in [3.05, 3.63) is 0 Å². The van der Waals surface area contributed by atoms with E-state index in [0.717, 1.165) is 64.7 Å². The number of hydrogen-bond donors (Lipinski definition) is 2. The molecule has 2 rings (SSSR count). The van der Waals surface area contributed by atoms with E-state index in [2.05, 4.69) is 10.2 Å². The van der Waals surface area contributed by atoms with E-state index < -0.39 is 0 Å². The fraction of sp³-hybridized carbons (Fsp3) is 0.933. The second-order valence-electron chi connectivity index (χ2n) is 6.25. The van der Waals surface area contributed by atoms with E-state index in [-0.39, 0.29) is 17.4 Å². The molecule has 2 fully saturated rings. The first-order valence-corrected chi connectivity index (χ1v) is 7.84. The van der Waals surface area contributed by atoms with Gasteiger partial charge in [0.2, 0.25) is 5.91 Å². The summed E-state index contributed by atoms with van der Waals surface area (Å²) in [5, 5.41) is 12.5. The smallest absolute Gasteiger partial charge is 0.228 e. The molecule has 1 heterocycles. The Balaban J connectivity index is 1.59. The van der Waals surface area contributed by atoms with Crippen molar-refractivity contribution in [2.24, 2.45) is 5.41 Å². The molecule has 0 bridgehead atoms. The molecule has 1 amide bonds. The second kappa shape index (κ2) is 7.38. The number of rotatable bonds is 7. The van der Waals surface area contributed by atoms with Gasteiger partial charge in [-0.05, 0) is 38.6 Å². The molecular formula is C15H28N2O3. The van der Waals surface area contributed by atoms with Crippen molar-refractivity contribution in [2.45, 2.75) is 44.6 Å². The predicted octanol–water partition coefficient (Wildman–Crippen LogP) is 0.766. The van der Waals surface area contributed by atoms with Crippen LogP contribution >= 0.6 is 0 Å². The Hall–Kier alpha value is -0.650. The third kappa shape index (κ3) is 3.93. The number of aliphatic hydroxyl groups is 1. The van der Waals surface area contributed by atoms with E-state index >= 15 is 0 Å². The first kappa shape index (κ1) is 15.7. The van der Waals surface area contributed by atoms with Gasteiger partial charge in [-0.1, -0.05) is 6.42 Å². The zero-order chi connectivity index (χ0) is 14.4. The number of nitrogens with one attached hydrogen (secondary N) is 1. The number of hydrogen-bond acceptors (Lipinski definition) is 4. The number of carbonyl (C=O) groups excluding carboxylic acids is 1. The quantitative estimate of drug-likeness (QED) is 0.678. The molecule has 0 aromatic rings. The van der Waals surface area contributed by atoms with Gasteiger partial charge in [0, 0.05) is 26.7 Å². The summed E-state index contributed by atoms with van der Waals surface area (Å²) in [6, 6.07) is 0. The molecule has 2 aliphatic rings. The van der Waals surface area contributed by atoms with Gasteiger partial charge < -0.3 is 20.1 Å². The number of aliphatic hydroxyl groups excluding tert-OH is 1. The number of likely N-dealkylation sites (tertiary alicyclic amines) is 1. The summed E-state index contributed by atoms with van der Waals surface area (Å²) in [4.78, 5) is 14.6. The summed E-state index contributed by atoms with van der Waals surface area (Å²) in [6.07, 6.45) is 5.66. The monoisotopic (exact) mass is 284 g/mol. The molecule has 116 valence electrons. The summed E-state index contributed by atoms with van der Waals surface area (Å²) in [7, 11) is 1.66. The van der Waals surface area contributed by atoms with Crippen molar-refractivity contribution < 1.29 is 14.6 Å². The third-order valence-electron chi connectivity index (χ3n) is 4.71. The highest BCUT2D eigenvalue weighted by Gasteiger charge is 2.43. The first-order chi connectivity index (χ1) is 9.66. The van der Waals surface area contributed by atoms with Crippen molar-refractivity contribution in [2.75, 3.05) is 39.9 Å². The standard InChI is InChI=1S/C15H28N2O3/c1-20-12-15(6-2-7-15)14(19)16-8-3-9-17-10-4-13(18)5-11-17/h13,18H,2-12H2,1H3,(H,16,19). The van der Waals surface area contributed by atoms with E-state index in [1.165, 1.54) is 0 Å². The zero-order valence-corrected chi connectivity index (χ0v) is 12.6. The third-order valence-corrected chi connectivity index (χ3v) is 4.71. The largest absolute Gasteiger partial charge is 0.393 e. The van der Waals surface area contributed by atoms with Crippen LogP contribution in [0.1, 0.15) is 38.5 Å². The van der Waals surface area contributed by atoms with E-state index in [1.54, 1.807) is 7.11 Å². The highest BCUT2D eigenvalue weighted by Crippen LogP contribution is 2.41. The molecule has 5 heteroatoms. The number of nitrogens with zero attached hydrogens (tertiary/aromatic N) is 1. The van der Waals surface area contributed by atoms with Crippen LogP contribution in [0.5, 0.6) is 0 Å². The Kier molecular flexibility index (Phi) is 5.81. The summed E-state index contributed by atoms with van der Waals surface area (Å²) in [5.74, 6) is 0.166. The minimum Gasteiger partial charge on any atom is -0.393 e. The maximum Gasteiger partial charge on any atom is 0.228 e. The minimum absolute atomic E-state index is 0.113. The average Bonchev–Trinajstić information content (AvgIpc) is 2.40. The zero-order valence-electron chi connectivity index (χ0n) is 12.6. The Morgan fingerprint density at radius 3 is 2.65 bits per heavy atom. The maximum absolute atomic E-state index is 12.2. The molecule has 0 aromatic carbocycles. The lowest BCUT2D eigenvalue weighted by Crippen LogP contribution is -2.49. The van der Waals surface area contributed by atoms with E-state index in [4.69, 9.17) is 4.74 Å². The molecule has 0 unspecified atom stereocenters. The Morgan fingerprint density at radius 2 is 2.10 bits per heavy atom. The molecule has 20 heavy (non-hydrogen) atoms. The van der Waals surface area contributed by atoms with Crippen LogP contribution in [0, 0.1) is 5.41 Å². The van der Waals surface area contributed by atoms with Crippen LogP contribution in [0.15, 0.2) is 0 Å². The fourth-order valence-corrected chi connectivity index (χ4v) is 3.15. The van der Waals surface area contributed by atoms with Gasteiger partial charge in [-0.15, -0.1) is 0 Å². The molecule has 0 aromatic heterocycles. The highest BCUT2D eigenvalue weighted by molar-refractivity contribution is 5.83. The number of carbonyl (C=O) groups is 1. The van der Waals surface area contributed by atoms with Crippen LogP contribution in [-0.2, 0) is 9.53 Å². The van der Waals surface area contributed by atoms with Crippen LogP contribution in [0.25, 0.3) is 0 Å². The molecule has 5 nitrogen and oxygen atoms in total. The Bertz CT molecular complexity index is 310. The van der Waals surface area contributed by atoms with Crippen molar-refractivity contribution in [3.63, 3.8) is 0 Å². The normalized spacial score (nSPS) is 23.3. The topological polar surface area (TPSA) is 61.8 Å². The van der Waals surface area contributed by atoms with Gasteiger partial charge in [0.25, 0.3) is 0 Å². The molecule has 0 spiro atoms. The lowest BCUT2D eigenvalue weighted by Gasteiger charge is -2.39. The van der Waals surface area contributed by atoms with Gasteiger partial charge in [0.15, 0.2) is 0 Å². The van der Waals surface area contributed by atoms with Crippen molar-refractivity contribution in [1.82, 2.24) is 10.2 Å². The molecule has 0 atom stereocenters. The number of ether oxygens (including phenoxy) is 1. The van der Waals surface area contributed by atoms with Crippen LogP contribution in [-0.4, -0.2) is 61.9 Å². The van der Waals surface area contributed by atoms with Crippen molar-refractivity contribution in [1.29, 1.82) is 0 Å². The van der Waals surface area contributed by atoms with E-state index in [9.17, 15) is 9.90 Å². The lowest BCUT2D eigenvalue weighted by molar-refractivity contribution is -0.140. The lowest BCUT2D eigenvalue weighted by atomic mass is 9.68. The van der Waals surface area contributed by atoms with Crippen LogP contribution < -0.4 is 5.32 Å². The summed E-state index contributed by atoms with van der Waals surface area (Å²) in [6.45, 7) is 4.24. The fourth-order valence-electron chi connectivity index (χ4n) is 3.15. The second-order valence-corrected chi connectivity index (χ2v) is 6.25. The van der Waals surface area contributed by atoms with Gasteiger partial charge in [-0.25, -0.2) is 0 Å². The van der Waals surface area contributed by atoms with Crippen molar-refractivity contribution >= 4 is 5.91 Å². The molecule has 1 saturated carbocycles. The van der Waals surface area contributed by atoms with Gasteiger partial charge in [0.1, 0.15) is 0 Å². The predicted molar refractivity (Wildman–Crippen MR) is 77.5 cm³/mol. The summed E-state index contributed by atoms with van der Waals surface area (Å²) >= 11 is 0. The summed E-state index contributed by atoms with van der Waals surface area (Å²) in [5.41, 5.74) is -0.246. The van der Waals surface area contributed by atoms with Gasteiger partial charge in [0.05, 0.1) is 18.1 Å². The first-order valence-electron chi connectivity index (χ1n) is 7.84. The van der Waals surface area contributed by atoms with Gasteiger partial charge in [-0.2, -0.15) is 0 Å². The molecular weight excluding hydrogens is 256 g/mol. The van der Waals surface area contributed by atoms with Crippen LogP contribution in [0.2, 0.25) is 0 Å². The maximum atomic E-state index is 12.2. The number of methoxy groups -OCH3 is 1. The van der Waals surface area contributed by atoms with Crippen molar-refractivity contribution in [3.8, 4) is 0 Å². The number of piperidine rings is 1. The van der Waals surface area contributed by atoms with Crippen LogP contribution in [0.3, 0.4) is 0 Å². The highest BCUT2D eigenvalue weighted by atomic mass is 16.5. The van der Waals surface area contributed by atoms with E-state index in [1.807, 2.05) is 0 Å². The molecule has 1 aliphatic heterocycles. The Labute approximate surface area is 121 Å². The molecule has 1 aliphatic carbocycles. The molecule has 1 saturated heterocycles. The van der Waals surface area contributed by atoms with Gasteiger partial charge in [-0.3, -0.25) is 4.79 Å². The minimum atomic E-state index is -0.246. The SMILES string of the molecule is COCC1(C(=O)NCCCN2CCC(O)CC2)CCC1. The summed E-state index contributed by atoms with van der Waals surface area (Å²) < 4.78 is 5.19. The van der Waals surface area contributed by atoms with Gasteiger partial charge >= 0.3 is 0 Å².